The van der Waals surface area contributed by atoms with Crippen molar-refractivity contribution in [2.45, 2.75) is 52.7 Å². The topological polar surface area (TPSA) is 30.5 Å². The molecule has 0 radical (unpaired) electrons. The number of anilines is 1. The van der Waals surface area contributed by atoms with Crippen LogP contribution < -0.4 is 10.1 Å². The Morgan fingerprint density at radius 2 is 2.20 bits per heavy atom. The zero-order chi connectivity index (χ0) is 14.5. The van der Waals surface area contributed by atoms with Crippen molar-refractivity contribution < 1.29 is 9.47 Å². The molecular formula is C17H27NO2. The van der Waals surface area contributed by atoms with Crippen molar-refractivity contribution >= 4 is 5.69 Å². The minimum atomic E-state index is 0.363. The zero-order valence-electron chi connectivity index (χ0n) is 13.1. The number of ether oxygens (including phenoxy) is 2. The van der Waals surface area contributed by atoms with E-state index in [0.717, 1.165) is 30.9 Å². The Hall–Kier alpha value is -1.22. The van der Waals surface area contributed by atoms with Crippen molar-refractivity contribution in [2.75, 3.05) is 18.5 Å². The van der Waals surface area contributed by atoms with Crippen LogP contribution in [-0.4, -0.2) is 25.4 Å². The van der Waals surface area contributed by atoms with E-state index in [-0.39, 0.29) is 0 Å². The first-order valence-electron chi connectivity index (χ1n) is 7.71. The van der Waals surface area contributed by atoms with Crippen LogP contribution in [0.2, 0.25) is 0 Å². The highest BCUT2D eigenvalue weighted by atomic mass is 16.5. The fraction of sp³-hybridized carbons (Fsp3) is 0.647. The third kappa shape index (κ3) is 3.89. The summed E-state index contributed by atoms with van der Waals surface area (Å²) >= 11 is 0. The quantitative estimate of drug-likeness (QED) is 0.882. The molecule has 2 rings (SSSR count). The van der Waals surface area contributed by atoms with Crippen molar-refractivity contribution in [1.29, 1.82) is 0 Å². The molecule has 3 nitrogen and oxygen atoms in total. The minimum Gasteiger partial charge on any atom is -0.492 e. The van der Waals surface area contributed by atoms with Gasteiger partial charge in [-0.25, -0.2) is 0 Å². The fourth-order valence-corrected chi connectivity index (χ4v) is 2.67. The van der Waals surface area contributed by atoms with Crippen molar-refractivity contribution in [1.82, 2.24) is 0 Å². The maximum absolute atomic E-state index is 5.83. The Bertz CT molecular complexity index is 431. The summed E-state index contributed by atoms with van der Waals surface area (Å²) in [6, 6.07) is 6.83. The first-order chi connectivity index (χ1) is 9.60. The zero-order valence-corrected chi connectivity index (χ0v) is 13.1. The van der Waals surface area contributed by atoms with Crippen LogP contribution in [0.4, 0.5) is 5.69 Å². The Labute approximate surface area is 122 Å². The lowest BCUT2D eigenvalue weighted by Gasteiger charge is -2.33. The van der Waals surface area contributed by atoms with Crippen molar-refractivity contribution in [3.05, 3.63) is 23.8 Å². The Morgan fingerprint density at radius 3 is 2.90 bits per heavy atom. The predicted octanol–water partition coefficient (Wildman–Crippen LogP) is 4.01. The Morgan fingerprint density at radius 1 is 1.40 bits per heavy atom. The molecule has 0 saturated carbocycles. The predicted molar refractivity (Wildman–Crippen MR) is 83.6 cm³/mol. The van der Waals surface area contributed by atoms with E-state index in [1.54, 1.807) is 0 Å². The van der Waals surface area contributed by atoms with Gasteiger partial charge in [0.2, 0.25) is 0 Å². The van der Waals surface area contributed by atoms with Crippen LogP contribution in [0, 0.1) is 12.8 Å². The van der Waals surface area contributed by atoms with Crippen LogP contribution in [0.25, 0.3) is 0 Å². The van der Waals surface area contributed by atoms with Gasteiger partial charge >= 0.3 is 0 Å². The van der Waals surface area contributed by atoms with Gasteiger partial charge in [0, 0.05) is 12.6 Å². The second-order valence-electron chi connectivity index (χ2n) is 5.95. The van der Waals surface area contributed by atoms with Gasteiger partial charge < -0.3 is 14.8 Å². The molecule has 2 unspecified atom stereocenters. The number of aryl methyl sites for hydroxylation is 1. The Kier molecular flexibility index (Phi) is 5.30. The van der Waals surface area contributed by atoms with E-state index in [1.807, 2.05) is 6.92 Å². The van der Waals surface area contributed by atoms with Crippen LogP contribution in [0.3, 0.4) is 0 Å². The lowest BCUT2D eigenvalue weighted by molar-refractivity contribution is -0.0161. The molecule has 1 fully saturated rings. The largest absolute Gasteiger partial charge is 0.492 e. The normalized spacial score (nSPS) is 22.9. The van der Waals surface area contributed by atoms with Gasteiger partial charge in [0.05, 0.1) is 18.4 Å². The first-order valence-corrected chi connectivity index (χ1v) is 7.71. The third-order valence-electron chi connectivity index (χ3n) is 3.86. The van der Waals surface area contributed by atoms with Gasteiger partial charge in [-0.05, 0) is 50.3 Å². The molecule has 0 bridgehead atoms. The molecule has 1 N–H and O–H groups in total. The van der Waals surface area contributed by atoms with Gasteiger partial charge in [-0.1, -0.05) is 19.9 Å². The molecule has 1 saturated heterocycles. The molecule has 1 aromatic carbocycles. The SMILES string of the molecule is CCOc1cc(C)ccc1NC1CCOC(C(C)C)C1. The first kappa shape index (κ1) is 15.2. The molecule has 1 aliphatic rings. The van der Waals surface area contributed by atoms with Crippen molar-refractivity contribution in [2.24, 2.45) is 5.92 Å². The second-order valence-corrected chi connectivity index (χ2v) is 5.95. The van der Waals surface area contributed by atoms with Crippen LogP contribution in [0.5, 0.6) is 5.75 Å². The van der Waals surface area contributed by atoms with Crippen molar-refractivity contribution in [3.63, 3.8) is 0 Å². The summed E-state index contributed by atoms with van der Waals surface area (Å²) in [5.74, 6) is 1.53. The lowest BCUT2D eigenvalue weighted by Crippen LogP contribution is -2.36. The van der Waals surface area contributed by atoms with Gasteiger partial charge in [-0.3, -0.25) is 0 Å². The highest BCUT2D eigenvalue weighted by molar-refractivity contribution is 5.58. The summed E-state index contributed by atoms with van der Waals surface area (Å²) in [5, 5.41) is 3.64. The van der Waals surface area contributed by atoms with E-state index in [9.17, 15) is 0 Å². The smallest absolute Gasteiger partial charge is 0.142 e. The monoisotopic (exact) mass is 277 g/mol. The van der Waals surface area contributed by atoms with Crippen LogP contribution in [0.15, 0.2) is 18.2 Å². The number of rotatable bonds is 5. The number of nitrogens with one attached hydrogen (secondary N) is 1. The van der Waals surface area contributed by atoms with E-state index in [0.29, 0.717) is 24.7 Å². The maximum Gasteiger partial charge on any atom is 0.142 e. The maximum atomic E-state index is 5.83. The van der Waals surface area contributed by atoms with E-state index in [4.69, 9.17) is 9.47 Å². The summed E-state index contributed by atoms with van der Waals surface area (Å²) in [4.78, 5) is 0. The summed E-state index contributed by atoms with van der Waals surface area (Å²) in [7, 11) is 0. The van der Waals surface area contributed by atoms with Gasteiger partial charge in [0.15, 0.2) is 0 Å². The molecule has 0 aromatic heterocycles. The number of hydrogen-bond acceptors (Lipinski definition) is 3. The highest BCUT2D eigenvalue weighted by Crippen LogP contribution is 2.29. The molecule has 0 amide bonds. The molecular weight excluding hydrogens is 250 g/mol. The summed E-state index contributed by atoms with van der Waals surface area (Å²) < 4.78 is 11.6. The Balaban J connectivity index is 2.05. The van der Waals surface area contributed by atoms with Gasteiger partial charge in [-0.2, -0.15) is 0 Å². The van der Waals surface area contributed by atoms with E-state index in [2.05, 4.69) is 44.3 Å². The molecule has 112 valence electrons. The van der Waals surface area contributed by atoms with Gasteiger partial charge in [0.1, 0.15) is 5.75 Å². The average molecular weight is 277 g/mol. The van der Waals surface area contributed by atoms with Crippen LogP contribution in [0.1, 0.15) is 39.2 Å². The highest BCUT2D eigenvalue weighted by Gasteiger charge is 2.25. The van der Waals surface area contributed by atoms with Gasteiger partial charge in [-0.15, -0.1) is 0 Å². The van der Waals surface area contributed by atoms with E-state index >= 15 is 0 Å². The molecule has 0 aliphatic carbocycles. The second kappa shape index (κ2) is 6.98. The molecule has 0 spiro atoms. The molecule has 20 heavy (non-hydrogen) atoms. The third-order valence-corrected chi connectivity index (χ3v) is 3.86. The molecule has 1 heterocycles. The summed E-state index contributed by atoms with van der Waals surface area (Å²) in [5.41, 5.74) is 2.33. The molecule has 3 heteroatoms. The minimum absolute atomic E-state index is 0.363. The fourth-order valence-electron chi connectivity index (χ4n) is 2.67. The van der Waals surface area contributed by atoms with Crippen molar-refractivity contribution in [3.8, 4) is 5.75 Å². The van der Waals surface area contributed by atoms with Crippen LogP contribution >= 0.6 is 0 Å². The number of benzene rings is 1. The summed E-state index contributed by atoms with van der Waals surface area (Å²) in [6.07, 6.45) is 2.49. The van der Waals surface area contributed by atoms with E-state index < -0.39 is 0 Å². The van der Waals surface area contributed by atoms with Gasteiger partial charge in [0.25, 0.3) is 0 Å². The molecule has 1 aliphatic heterocycles. The van der Waals surface area contributed by atoms with Crippen LogP contribution in [-0.2, 0) is 4.74 Å². The standard InChI is InChI=1S/C17H27NO2/c1-5-19-17-10-13(4)6-7-15(17)18-14-8-9-20-16(11-14)12(2)3/h6-7,10,12,14,16,18H,5,8-9,11H2,1-4H3. The summed E-state index contributed by atoms with van der Waals surface area (Å²) in [6.45, 7) is 10.1. The average Bonchev–Trinajstić information content (AvgIpc) is 2.42. The van der Waals surface area contributed by atoms with E-state index in [1.165, 1.54) is 5.56 Å². The molecule has 1 aromatic rings. The molecule has 2 atom stereocenters. The number of hydrogen-bond donors (Lipinski definition) is 1. The lowest BCUT2D eigenvalue weighted by atomic mass is 9.95.